The van der Waals surface area contributed by atoms with Crippen molar-refractivity contribution in [2.24, 2.45) is 0 Å². The van der Waals surface area contributed by atoms with Crippen LogP contribution >= 0.6 is 0 Å². The lowest BCUT2D eigenvalue weighted by Crippen LogP contribution is -2.35. The van der Waals surface area contributed by atoms with Gasteiger partial charge in [-0.05, 0) is 68.1 Å². The Morgan fingerprint density at radius 3 is 2.71 bits per heavy atom. The van der Waals surface area contributed by atoms with Crippen LogP contribution in [0.3, 0.4) is 0 Å². The van der Waals surface area contributed by atoms with Crippen molar-refractivity contribution in [1.29, 1.82) is 0 Å². The molecule has 8 heteroatoms. The number of ketones is 1. The van der Waals surface area contributed by atoms with Crippen molar-refractivity contribution >= 4 is 28.2 Å². The van der Waals surface area contributed by atoms with E-state index in [0.717, 1.165) is 29.7 Å². The van der Waals surface area contributed by atoms with Gasteiger partial charge < -0.3 is 24.6 Å². The highest BCUT2D eigenvalue weighted by molar-refractivity contribution is 6.20. The maximum Gasteiger partial charge on any atom is 0.240 e. The summed E-state index contributed by atoms with van der Waals surface area (Å²) in [7, 11) is 0. The van der Waals surface area contributed by atoms with Gasteiger partial charge in [-0.3, -0.25) is 4.79 Å². The van der Waals surface area contributed by atoms with Crippen LogP contribution in [-0.4, -0.2) is 41.0 Å². The molecule has 0 bridgehead atoms. The number of hydrogen-bond donors (Lipinski definition) is 2. The Hall–Kier alpha value is -4.66. The summed E-state index contributed by atoms with van der Waals surface area (Å²) in [6.07, 6.45) is 4.66. The monoisotopic (exact) mass is 505 g/mol. The first-order chi connectivity index (χ1) is 18.5. The third-order valence-electron chi connectivity index (χ3n) is 6.73. The minimum atomic E-state index is -0.167. The Labute approximate surface area is 221 Å². The molecule has 2 atom stereocenters. The van der Waals surface area contributed by atoms with Gasteiger partial charge in [-0.1, -0.05) is 12.1 Å². The van der Waals surface area contributed by atoms with Crippen LogP contribution in [0.2, 0.25) is 0 Å². The first-order valence-electron chi connectivity index (χ1n) is 12.5. The maximum atomic E-state index is 13.8. The quantitative estimate of drug-likeness (QED) is 0.217. The number of aromatic nitrogens is 2. The van der Waals surface area contributed by atoms with Crippen LogP contribution in [0, 0.1) is 27.0 Å². The Morgan fingerprint density at radius 1 is 1.16 bits per heavy atom. The molecule has 0 spiro atoms. The molecule has 38 heavy (non-hydrogen) atoms. The zero-order chi connectivity index (χ0) is 26.6. The number of carbonyl (C=O) groups is 1. The smallest absolute Gasteiger partial charge is 0.240 e. The molecular weight excluding hydrogens is 478 g/mol. The molecule has 1 fully saturated rings. The van der Waals surface area contributed by atoms with E-state index in [0.29, 0.717) is 52.4 Å². The molecule has 2 aromatic carbocycles. The molecule has 8 nitrogen and oxygen atoms in total. The second kappa shape index (κ2) is 10.8. The molecule has 0 radical (unpaired) electrons. The Kier molecular flexibility index (Phi) is 7.08. The number of carbonyl (C=O) groups excluding carboxylic acids is 1. The molecule has 0 unspecified atom stereocenters. The largest absolute Gasteiger partial charge is 0.457 e. The number of H-pyrrole nitrogens is 1. The molecular formula is C30H27N5O3. The SMILES string of the molecule is [C-]#[N+]C[C@@H]1CC[C@@H](Nc2c([N+]#[C-])cnc3[nH]cc(C(=O)c4ccc(Oc5cccc(C)c5)cc4C)c23)CO1. The number of pyridine rings is 1. The fourth-order valence-electron chi connectivity index (χ4n) is 4.78. The van der Waals surface area contributed by atoms with E-state index in [2.05, 4.69) is 25.0 Å². The van der Waals surface area contributed by atoms with Crippen LogP contribution in [-0.2, 0) is 4.74 Å². The Morgan fingerprint density at radius 2 is 2.00 bits per heavy atom. The average molecular weight is 506 g/mol. The zero-order valence-corrected chi connectivity index (χ0v) is 21.2. The van der Waals surface area contributed by atoms with Crippen LogP contribution in [0.5, 0.6) is 11.5 Å². The number of nitrogens with one attached hydrogen (secondary N) is 2. The number of ether oxygens (including phenoxy) is 2. The highest BCUT2D eigenvalue weighted by Gasteiger charge is 2.27. The van der Waals surface area contributed by atoms with Crippen molar-refractivity contribution < 1.29 is 14.3 Å². The molecule has 2 N–H and O–H groups in total. The number of nitrogens with zero attached hydrogens (tertiary/aromatic N) is 3. The van der Waals surface area contributed by atoms with Crippen LogP contribution in [0.25, 0.3) is 20.7 Å². The Bertz CT molecular complexity index is 1590. The van der Waals surface area contributed by atoms with E-state index in [1.807, 2.05) is 44.2 Å². The van der Waals surface area contributed by atoms with Crippen LogP contribution in [0.4, 0.5) is 11.4 Å². The first kappa shape index (κ1) is 25.0. The number of hydrogen-bond acceptors (Lipinski definition) is 5. The summed E-state index contributed by atoms with van der Waals surface area (Å²) >= 11 is 0. The van der Waals surface area contributed by atoms with Gasteiger partial charge in [0, 0.05) is 29.4 Å². The van der Waals surface area contributed by atoms with E-state index < -0.39 is 0 Å². The lowest BCUT2D eigenvalue weighted by atomic mass is 9.97. The summed E-state index contributed by atoms with van der Waals surface area (Å²) in [4.78, 5) is 28.3. The summed E-state index contributed by atoms with van der Waals surface area (Å²) in [5.41, 5.74) is 4.32. The highest BCUT2D eigenvalue weighted by Crippen LogP contribution is 2.37. The molecule has 1 saturated heterocycles. The van der Waals surface area contributed by atoms with Crippen LogP contribution in [0.1, 0.15) is 39.9 Å². The summed E-state index contributed by atoms with van der Waals surface area (Å²) in [5.74, 6) is 1.22. The average Bonchev–Trinajstić information content (AvgIpc) is 3.35. The number of rotatable bonds is 7. The van der Waals surface area contributed by atoms with Crippen LogP contribution in [0.15, 0.2) is 54.9 Å². The third kappa shape index (κ3) is 5.08. The van der Waals surface area contributed by atoms with Gasteiger partial charge in [0.25, 0.3) is 0 Å². The topological polar surface area (TPSA) is 85.0 Å². The van der Waals surface area contributed by atoms with Crippen molar-refractivity contribution in [1.82, 2.24) is 9.97 Å². The second-order valence-corrected chi connectivity index (χ2v) is 9.50. The minimum Gasteiger partial charge on any atom is -0.457 e. The van der Waals surface area contributed by atoms with Gasteiger partial charge in [0.1, 0.15) is 23.3 Å². The molecule has 0 saturated carbocycles. The standard InChI is InChI=1S/C30H27N5O3/c1-18-6-5-7-21(12-18)38-22-10-11-24(19(2)13-22)29(36)25-15-33-30-27(25)28(26(32-4)16-34-30)35-20-8-9-23(14-31-3)37-17-20/h5-7,10-13,15-16,20,23H,8-9,14,17H2,1-2H3,(H2,33,34,35)/t20-,23+/m1/s1. The van der Waals surface area contributed by atoms with E-state index in [4.69, 9.17) is 22.6 Å². The van der Waals surface area contributed by atoms with E-state index in [1.54, 1.807) is 18.3 Å². The van der Waals surface area contributed by atoms with Gasteiger partial charge in [-0.25, -0.2) is 16.4 Å². The third-order valence-corrected chi connectivity index (χ3v) is 6.73. The fourth-order valence-corrected chi connectivity index (χ4v) is 4.78. The second-order valence-electron chi connectivity index (χ2n) is 9.50. The number of benzene rings is 2. The lowest BCUT2D eigenvalue weighted by molar-refractivity contribution is 0.0197. The fraction of sp³-hybridized carbons (Fsp3) is 0.267. The van der Waals surface area contributed by atoms with Gasteiger partial charge >= 0.3 is 0 Å². The normalized spacial score (nSPS) is 16.9. The van der Waals surface area contributed by atoms with E-state index in [-0.39, 0.29) is 17.9 Å². The van der Waals surface area contributed by atoms with Crippen molar-refractivity contribution in [2.75, 3.05) is 18.5 Å². The predicted molar refractivity (Wildman–Crippen MR) is 146 cm³/mol. The van der Waals surface area contributed by atoms with E-state index >= 15 is 0 Å². The number of fused-ring (bicyclic) bond motifs is 1. The number of anilines is 1. The minimum absolute atomic E-state index is 0.0410. The summed E-state index contributed by atoms with van der Waals surface area (Å²) in [6.45, 7) is 19.4. The molecule has 5 rings (SSSR count). The van der Waals surface area contributed by atoms with Crippen molar-refractivity contribution in [2.45, 2.75) is 38.8 Å². The van der Waals surface area contributed by atoms with Gasteiger partial charge in [-0.2, -0.15) is 0 Å². The zero-order valence-electron chi connectivity index (χ0n) is 21.2. The lowest BCUT2D eigenvalue weighted by Gasteiger charge is -2.28. The molecule has 1 aliphatic rings. The van der Waals surface area contributed by atoms with E-state index in [1.165, 1.54) is 6.20 Å². The van der Waals surface area contributed by atoms with Crippen LogP contribution < -0.4 is 10.1 Å². The molecule has 4 aromatic rings. The van der Waals surface area contributed by atoms with E-state index in [9.17, 15) is 4.79 Å². The Balaban J connectivity index is 1.44. The van der Waals surface area contributed by atoms with Crippen molar-refractivity contribution in [3.63, 3.8) is 0 Å². The molecule has 3 heterocycles. The summed E-state index contributed by atoms with van der Waals surface area (Å²) in [5, 5.41) is 4.04. The predicted octanol–water partition coefficient (Wildman–Crippen LogP) is 6.63. The molecule has 0 aliphatic carbocycles. The number of aryl methyl sites for hydroxylation is 2. The first-order valence-corrected chi connectivity index (χ1v) is 12.5. The van der Waals surface area contributed by atoms with Gasteiger partial charge in [0.2, 0.25) is 12.2 Å². The molecule has 1 aliphatic heterocycles. The van der Waals surface area contributed by atoms with Crippen molar-refractivity contribution in [3.8, 4) is 11.5 Å². The number of aromatic amines is 1. The van der Waals surface area contributed by atoms with Gasteiger partial charge in [0.15, 0.2) is 5.78 Å². The maximum absolute atomic E-state index is 13.8. The van der Waals surface area contributed by atoms with Crippen molar-refractivity contribution in [3.05, 3.63) is 99.9 Å². The summed E-state index contributed by atoms with van der Waals surface area (Å²) < 4.78 is 11.8. The molecule has 190 valence electrons. The molecule has 0 amide bonds. The van der Waals surface area contributed by atoms with Gasteiger partial charge in [-0.15, -0.1) is 0 Å². The van der Waals surface area contributed by atoms with Gasteiger partial charge in [0.05, 0.1) is 24.4 Å². The summed E-state index contributed by atoms with van der Waals surface area (Å²) in [6, 6.07) is 13.2. The highest BCUT2D eigenvalue weighted by atomic mass is 16.5. The molecule has 2 aromatic heterocycles.